The molecule has 1 N–H and O–H groups in total. The minimum Gasteiger partial charge on any atom is -0.481 e. The molecule has 0 amide bonds. The van der Waals surface area contributed by atoms with Crippen molar-refractivity contribution in [2.75, 3.05) is 13.1 Å². The molecule has 1 fully saturated rings. The summed E-state index contributed by atoms with van der Waals surface area (Å²) in [6.07, 6.45) is 3.83. The van der Waals surface area contributed by atoms with E-state index in [1.165, 1.54) is 11.1 Å². The molecule has 1 aliphatic rings. The lowest BCUT2D eigenvalue weighted by atomic mass is 9.98. The molecule has 0 radical (unpaired) electrons. The molecule has 140 valence electrons. The zero-order chi connectivity index (χ0) is 18.6. The zero-order valence-corrected chi connectivity index (χ0v) is 15.9. The van der Waals surface area contributed by atoms with Crippen molar-refractivity contribution in [1.82, 2.24) is 14.7 Å². The fourth-order valence-electron chi connectivity index (χ4n) is 3.69. The normalized spacial score (nSPS) is 17.9. The second-order valence-corrected chi connectivity index (χ2v) is 8.02. The molecule has 1 aliphatic heterocycles. The van der Waals surface area contributed by atoms with Crippen molar-refractivity contribution in [1.29, 1.82) is 0 Å². The van der Waals surface area contributed by atoms with Crippen LogP contribution in [0.15, 0.2) is 54.0 Å². The van der Waals surface area contributed by atoms with Gasteiger partial charge in [0.15, 0.2) is 0 Å². The van der Waals surface area contributed by atoms with Crippen molar-refractivity contribution in [2.24, 2.45) is 5.92 Å². The lowest BCUT2D eigenvalue weighted by Crippen LogP contribution is -2.38. The first-order valence-corrected chi connectivity index (χ1v) is 10.2. The Hall–Kier alpha value is -2.44. The number of carboxylic acid groups (broad SMARTS) is 1. The molecule has 1 saturated heterocycles. The van der Waals surface area contributed by atoms with Crippen LogP contribution in [0.1, 0.15) is 24.0 Å². The van der Waals surface area contributed by atoms with Gasteiger partial charge in [-0.25, -0.2) is 0 Å². The van der Waals surface area contributed by atoms with Crippen molar-refractivity contribution >= 4 is 17.3 Å². The van der Waals surface area contributed by atoms with Gasteiger partial charge in [0.25, 0.3) is 0 Å². The summed E-state index contributed by atoms with van der Waals surface area (Å²) in [6, 6.07) is 14.5. The molecule has 1 unspecified atom stereocenters. The van der Waals surface area contributed by atoms with Crippen molar-refractivity contribution in [3.63, 3.8) is 0 Å². The number of thiophene rings is 1. The van der Waals surface area contributed by atoms with Crippen molar-refractivity contribution in [2.45, 2.75) is 25.9 Å². The highest BCUT2D eigenvalue weighted by Crippen LogP contribution is 2.29. The highest BCUT2D eigenvalue weighted by Gasteiger charge is 2.26. The molecule has 3 aromatic rings. The SMILES string of the molecule is O=C(O)C1CCCN(Cc2cn(Cc3ccccc3)nc2-c2cccs2)C1. The second-order valence-electron chi connectivity index (χ2n) is 7.08. The van der Waals surface area contributed by atoms with Crippen molar-refractivity contribution in [3.05, 3.63) is 65.2 Å². The first kappa shape index (κ1) is 17.9. The Morgan fingerprint density at radius 1 is 1.19 bits per heavy atom. The number of nitrogens with zero attached hydrogens (tertiary/aromatic N) is 3. The Labute approximate surface area is 162 Å². The fraction of sp³-hybridized carbons (Fsp3) is 0.333. The zero-order valence-electron chi connectivity index (χ0n) is 15.1. The number of rotatable bonds is 6. The monoisotopic (exact) mass is 381 g/mol. The van der Waals surface area contributed by atoms with E-state index in [1.54, 1.807) is 11.3 Å². The summed E-state index contributed by atoms with van der Waals surface area (Å²) in [7, 11) is 0. The molecular weight excluding hydrogens is 358 g/mol. The van der Waals surface area contributed by atoms with Crippen LogP contribution < -0.4 is 0 Å². The summed E-state index contributed by atoms with van der Waals surface area (Å²) in [5.74, 6) is -0.943. The quantitative estimate of drug-likeness (QED) is 0.702. The number of piperidine rings is 1. The fourth-order valence-corrected chi connectivity index (χ4v) is 4.44. The van der Waals surface area contributed by atoms with Crippen LogP contribution >= 0.6 is 11.3 Å². The van der Waals surface area contributed by atoms with E-state index in [2.05, 4.69) is 34.7 Å². The van der Waals surface area contributed by atoms with Crippen LogP contribution in [0.5, 0.6) is 0 Å². The van der Waals surface area contributed by atoms with Gasteiger partial charge in [0, 0.05) is 24.8 Å². The molecule has 0 saturated carbocycles. The molecule has 0 spiro atoms. The maximum absolute atomic E-state index is 11.4. The summed E-state index contributed by atoms with van der Waals surface area (Å²) in [5, 5.41) is 16.3. The highest BCUT2D eigenvalue weighted by atomic mass is 32.1. The van der Waals surface area contributed by atoms with Crippen LogP contribution in [0.2, 0.25) is 0 Å². The predicted molar refractivity (Wildman–Crippen MR) is 107 cm³/mol. The molecule has 5 nitrogen and oxygen atoms in total. The number of likely N-dealkylation sites (tertiary alicyclic amines) is 1. The maximum Gasteiger partial charge on any atom is 0.307 e. The number of hydrogen-bond acceptors (Lipinski definition) is 4. The van der Waals surface area contributed by atoms with E-state index in [4.69, 9.17) is 5.10 Å². The first-order chi connectivity index (χ1) is 13.2. The van der Waals surface area contributed by atoms with Gasteiger partial charge in [-0.1, -0.05) is 36.4 Å². The molecule has 1 aromatic carbocycles. The number of aliphatic carboxylic acids is 1. The number of benzene rings is 1. The molecule has 1 atom stereocenters. The average molecular weight is 382 g/mol. The molecule has 0 aliphatic carbocycles. The van der Waals surface area contributed by atoms with Gasteiger partial charge in [-0.15, -0.1) is 11.3 Å². The Kier molecular flexibility index (Phi) is 5.36. The van der Waals surface area contributed by atoms with Gasteiger partial charge in [0.1, 0.15) is 5.69 Å². The third kappa shape index (κ3) is 4.28. The van der Waals surface area contributed by atoms with Crippen LogP contribution in [-0.2, 0) is 17.9 Å². The van der Waals surface area contributed by atoms with E-state index < -0.39 is 5.97 Å². The van der Waals surface area contributed by atoms with E-state index in [9.17, 15) is 9.90 Å². The standard InChI is InChI=1S/C21H23N3O2S/c25-21(26)17-8-4-10-23(13-17)14-18-15-24(12-16-6-2-1-3-7-16)22-20(18)19-9-5-11-27-19/h1-3,5-7,9,11,15,17H,4,8,10,12-14H2,(H,25,26). The number of carbonyl (C=O) groups is 1. The van der Waals surface area contributed by atoms with Gasteiger partial charge < -0.3 is 5.11 Å². The third-order valence-corrected chi connectivity index (χ3v) is 5.90. The Morgan fingerprint density at radius 2 is 2.04 bits per heavy atom. The van der Waals surface area contributed by atoms with E-state index in [0.717, 1.165) is 43.0 Å². The average Bonchev–Trinajstić information content (AvgIpc) is 3.33. The first-order valence-electron chi connectivity index (χ1n) is 9.28. The second kappa shape index (κ2) is 8.06. The lowest BCUT2D eigenvalue weighted by molar-refractivity contribution is -0.143. The van der Waals surface area contributed by atoms with Crippen LogP contribution in [0.3, 0.4) is 0 Å². The van der Waals surface area contributed by atoms with Crippen LogP contribution in [0, 0.1) is 5.92 Å². The largest absolute Gasteiger partial charge is 0.481 e. The molecule has 3 heterocycles. The summed E-state index contributed by atoms with van der Waals surface area (Å²) < 4.78 is 2.00. The van der Waals surface area contributed by atoms with Gasteiger partial charge >= 0.3 is 5.97 Å². The minimum atomic E-state index is -0.682. The van der Waals surface area contributed by atoms with E-state index in [-0.39, 0.29) is 5.92 Å². The smallest absolute Gasteiger partial charge is 0.307 e. The Bertz CT molecular complexity index is 890. The molecule has 27 heavy (non-hydrogen) atoms. The van der Waals surface area contributed by atoms with Crippen molar-refractivity contribution < 1.29 is 9.90 Å². The van der Waals surface area contributed by atoms with Crippen LogP contribution in [0.4, 0.5) is 0 Å². The van der Waals surface area contributed by atoms with Gasteiger partial charge in [0.2, 0.25) is 0 Å². The van der Waals surface area contributed by atoms with E-state index in [0.29, 0.717) is 6.54 Å². The molecular formula is C21H23N3O2S. The summed E-state index contributed by atoms with van der Waals surface area (Å²) >= 11 is 1.69. The minimum absolute atomic E-state index is 0.261. The Balaban J connectivity index is 1.57. The van der Waals surface area contributed by atoms with Gasteiger partial charge in [-0.2, -0.15) is 5.10 Å². The van der Waals surface area contributed by atoms with Gasteiger partial charge in [0.05, 0.1) is 17.3 Å². The summed E-state index contributed by atoms with van der Waals surface area (Å²) in [6.45, 7) is 3.03. The Morgan fingerprint density at radius 3 is 2.78 bits per heavy atom. The lowest BCUT2D eigenvalue weighted by Gasteiger charge is -2.30. The van der Waals surface area contributed by atoms with Crippen LogP contribution in [-0.4, -0.2) is 38.8 Å². The van der Waals surface area contributed by atoms with Crippen LogP contribution in [0.25, 0.3) is 10.6 Å². The van der Waals surface area contributed by atoms with E-state index >= 15 is 0 Å². The molecule has 6 heteroatoms. The van der Waals surface area contributed by atoms with Gasteiger partial charge in [-0.3, -0.25) is 14.4 Å². The third-order valence-electron chi connectivity index (χ3n) is 5.03. The number of aromatic nitrogens is 2. The topological polar surface area (TPSA) is 58.4 Å². The number of carboxylic acids is 1. The summed E-state index contributed by atoms with van der Waals surface area (Å²) in [4.78, 5) is 14.8. The predicted octanol–water partition coefficient (Wildman–Crippen LogP) is 3.96. The summed E-state index contributed by atoms with van der Waals surface area (Å²) in [5.41, 5.74) is 3.39. The highest BCUT2D eigenvalue weighted by molar-refractivity contribution is 7.13. The van der Waals surface area contributed by atoms with Crippen molar-refractivity contribution in [3.8, 4) is 10.6 Å². The maximum atomic E-state index is 11.4. The number of hydrogen-bond donors (Lipinski definition) is 1. The molecule has 0 bridgehead atoms. The molecule has 4 rings (SSSR count). The van der Waals surface area contributed by atoms with E-state index in [1.807, 2.05) is 28.9 Å². The molecule has 2 aromatic heterocycles. The van der Waals surface area contributed by atoms with Gasteiger partial charge in [-0.05, 0) is 36.4 Å².